The van der Waals surface area contributed by atoms with Crippen molar-refractivity contribution in [1.82, 2.24) is 4.90 Å². The van der Waals surface area contributed by atoms with Gasteiger partial charge in [-0.25, -0.2) is 0 Å². The van der Waals surface area contributed by atoms with Crippen LogP contribution >= 0.6 is 23.1 Å². The smallest absolute Gasteiger partial charge is 0.308 e. The Kier molecular flexibility index (Phi) is 6.94. The maximum absolute atomic E-state index is 12.0. The summed E-state index contributed by atoms with van der Waals surface area (Å²) in [5.41, 5.74) is 0. The third-order valence-corrected chi connectivity index (χ3v) is 4.73. The molecular formula is C13H19NO3S2. The molecule has 1 aromatic rings. The van der Waals surface area contributed by atoms with E-state index in [0.717, 1.165) is 5.75 Å². The second kappa shape index (κ2) is 8.22. The Balaban J connectivity index is 2.34. The van der Waals surface area contributed by atoms with Crippen molar-refractivity contribution in [3.8, 4) is 0 Å². The minimum atomic E-state index is -0.863. The van der Waals surface area contributed by atoms with Crippen molar-refractivity contribution in [2.45, 2.75) is 19.6 Å². The van der Waals surface area contributed by atoms with Gasteiger partial charge in [-0.3, -0.25) is 9.59 Å². The molecule has 6 heteroatoms. The van der Waals surface area contributed by atoms with E-state index in [1.165, 1.54) is 4.88 Å². The molecule has 1 rings (SSSR count). The summed E-state index contributed by atoms with van der Waals surface area (Å²) in [6.07, 6.45) is 0. The Labute approximate surface area is 121 Å². The first-order valence-corrected chi connectivity index (χ1v) is 8.18. The van der Waals surface area contributed by atoms with Gasteiger partial charge in [0.25, 0.3) is 0 Å². The first-order chi connectivity index (χ1) is 9.04. The maximum Gasteiger partial charge on any atom is 0.308 e. The molecule has 1 heterocycles. The molecule has 1 unspecified atom stereocenters. The van der Waals surface area contributed by atoms with Gasteiger partial charge in [-0.2, -0.15) is 0 Å². The minimum absolute atomic E-state index is 0.0113. The topological polar surface area (TPSA) is 57.6 Å². The molecular weight excluding hydrogens is 282 g/mol. The van der Waals surface area contributed by atoms with Gasteiger partial charge < -0.3 is 10.0 Å². The van der Waals surface area contributed by atoms with Crippen LogP contribution < -0.4 is 0 Å². The van der Waals surface area contributed by atoms with Crippen LogP contribution in [0, 0.1) is 5.92 Å². The second-order valence-electron chi connectivity index (χ2n) is 4.24. The number of thioether (sulfide) groups is 1. The van der Waals surface area contributed by atoms with Crippen LogP contribution in [-0.4, -0.2) is 40.7 Å². The number of thiophene rings is 1. The third-order valence-electron chi connectivity index (χ3n) is 2.70. The molecule has 0 radical (unpaired) electrons. The van der Waals surface area contributed by atoms with Crippen molar-refractivity contribution >= 4 is 35.0 Å². The van der Waals surface area contributed by atoms with Gasteiger partial charge >= 0.3 is 5.97 Å². The summed E-state index contributed by atoms with van der Waals surface area (Å²) < 4.78 is 0. The lowest BCUT2D eigenvalue weighted by atomic mass is 10.2. The van der Waals surface area contributed by atoms with Gasteiger partial charge in [0, 0.05) is 23.7 Å². The first kappa shape index (κ1) is 16.0. The van der Waals surface area contributed by atoms with Crippen molar-refractivity contribution in [2.24, 2.45) is 5.92 Å². The van der Waals surface area contributed by atoms with Crippen LogP contribution in [0.2, 0.25) is 0 Å². The molecule has 1 aromatic heterocycles. The van der Waals surface area contributed by atoms with E-state index in [1.54, 1.807) is 34.9 Å². The van der Waals surface area contributed by atoms with E-state index in [9.17, 15) is 9.59 Å². The van der Waals surface area contributed by atoms with Gasteiger partial charge in [-0.05, 0) is 18.4 Å². The van der Waals surface area contributed by atoms with E-state index in [-0.39, 0.29) is 12.5 Å². The SMILES string of the molecule is CCN(CC(C)C(=O)O)C(=O)CSCc1cccs1. The Hall–Kier alpha value is -1.01. The molecule has 0 aromatic carbocycles. The fraction of sp³-hybridized carbons (Fsp3) is 0.538. The third kappa shape index (κ3) is 5.65. The second-order valence-corrected chi connectivity index (χ2v) is 6.26. The Morgan fingerprint density at radius 1 is 1.53 bits per heavy atom. The molecule has 0 aliphatic carbocycles. The number of hydrogen-bond acceptors (Lipinski definition) is 4. The molecule has 19 heavy (non-hydrogen) atoms. The normalized spacial score (nSPS) is 12.1. The van der Waals surface area contributed by atoms with E-state index in [1.807, 2.05) is 24.4 Å². The number of hydrogen-bond donors (Lipinski definition) is 1. The van der Waals surface area contributed by atoms with Crippen LogP contribution in [0.4, 0.5) is 0 Å². The molecule has 0 spiro atoms. The maximum atomic E-state index is 12.0. The molecule has 1 N–H and O–H groups in total. The summed E-state index contributed by atoms with van der Waals surface area (Å²) in [6, 6.07) is 4.04. The number of carbonyl (C=O) groups is 2. The number of carboxylic acids is 1. The van der Waals surface area contributed by atoms with E-state index >= 15 is 0 Å². The van der Waals surface area contributed by atoms with Crippen LogP contribution in [-0.2, 0) is 15.3 Å². The van der Waals surface area contributed by atoms with Gasteiger partial charge in [0.2, 0.25) is 5.91 Å². The minimum Gasteiger partial charge on any atom is -0.481 e. The summed E-state index contributed by atoms with van der Waals surface area (Å²) in [4.78, 5) is 25.6. The van der Waals surface area contributed by atoms with Gasteiger partial charge in [0.05, 0.1) is 11.7 Å². The predicted molar refractivity (Wildman–Crippen MR) is 79.5 cm³/mol. The molecule has 0 bridgehead atoms. The Bertz CT molecular complexity index is 406. The zero-order chi connectivity index (χ0) is 14.3. The summed E-state index contributed by atoms with van der Waals surface area (Å²) in [5, 5.41) is 10.9. The molecule has 1 atom stereocenters. The predicted octanol–water partition coefficient (Wildman–Crippen LogP) is 2.55. The van der Waals surface area contributed by atoms with Crippen LogP contribution in [0.5, 0.6) is 0 Å². The van der Waals surface area contributed by atoms with Crippen molar-refractivity contribution in [2.75, 3.05) is 18.8 Å². The van der Waals surface area contributed by atoms with Gasteiger partial charge in [0.15, 0.2) is 0 Å². The lowest BCUT2D eigenvalue weighted by molar-refractivity contribution is -0.142. The summed E-state index contributed by atoms with van der Waals surface area (Å²) in [5.74, 6) is -0.145. The highest BCUT2D eigenvalue weighted by Gasteiger charge is 2.19. The molecule has 0 saturated carbocycles. The highest BCUT2D eigenvalue weighted by atomic mass is 32.2. The average molecular weight is 301 g/mol. The zero-order valence-electron chi connectivity index (χ0n) is 11.2. The average Bonchev–Trinajstić information content (AvgIpc) is 2.88. The Morgan fingerprint density at radius 3 is 2.79 bits per heavy atom. The fourth-order valence-electron chi connectivity index (χ4n) is 1.54. The first-order valence-electron chi connectivity index (χ1n) is 6.15. The number of carboxylic acid groups (broad SMARTS) is 1. The lowest BCUT2D eigenvalue weighted by Gasteiger charge is -2.22. The van der Waals surface area contributed by atoms with E-state index in [4.69, 9.17) is 5.11 Å². The fourth-order valence-corrected chi connectivity index (χ4v) is 3.31. The largest absolute Gasteiger partial charge is 0.481 e. The summed E-state index contributed by atoms with van der Waals surface area (Å²) in [6.45, 7) is 4.33. The van der Waals surface area contributed by atoms with Crippen LogP contribution in [0.15, 0.2) is 17.5 Å². The highest BCUT2D eigenvalue weighted by Crippen LogP contribution is 2.17. The number of aliphatic carboxylic acids is 1. The van der Waals surface area contributed by atoms with Gasteiger partial charge in [0.1, 0.15) is 0 Å². The molecule has 0 fully saturated rings. The van der Waals surface area contributed by atoms with Gasteiger partial charge in [-0.15, -0.1) is 23.1 Å². The van der Waals surface area contributed by atoms with Crippen LogP contribution in [0.3, 0.4) is 0 Å². The van der Waals surface area contributed by atoms with E-state index < -0.39 is 11.9 Å². The van der Waals surface area contributed by atoms with E-state index in [0.29, 0.717) is 12.3 Å². The monoisotopic (exact) mass is 301 g/mol. The zero-order valence-corrected chi connectivity index (χ0v) is 12.8. The summed E-state index contributed by atoms with van der Waals surface area (Å²) in [7, 11) is 0. The van der Waals surface area contributed by atoms with Crippen LogP contribution in [0.1, 0.15) is 18.7 Å². The molecule has 0 aliphatic rings. The molecule has 0 saturated heterocycles. The van der Waals surface area contributed by atoms with Crippen molar-refractivity contribution in [1.29, 1.82) is 0 Å². The Morgan fingerprint density at radius 2 is 2.26 bits per heavy atom. The number of amides is 1. The van der Waals surface area contributed by atoms with Gasteiger partial charge in [-0.1, -0.05) is 13.0 Å². The standard InChI is InChI=1S/C13H19NO3S2/c1-3-14(7-10(2)13(16)17)12(15)9-18-8-11-5-4-6-19-11/h4-6,10H,3,7-9H2,1-2H3,(H,16,17). The van der Waals surface area contributed by atoms with Crippen molar-refractivity contribution in [3.05, 3.63) is 22.4 Å². The van der Waals surface area contributed by atoms with Crippen molar-refractivity contribution < 1.29 is 14.7 Å². The summed E-state index contributed by atoms with van der Waals surface area (Å²) >= 11 is 3.25. The number of nitrogens with zero attached hydrogens (tertiary/aromatic N) is 1. The number of rotatable bonds is 8. The quantitative estimate of drug-likeness (QED) is 0.801. The van der Waals surface area contributed by atoms with Crippen molar-refractivity contribution in [3.63, 3.8) is 0 Å². The molecule has 1 amide bonds. The van der Waals surface area contributed by atoms with Crippen LogP contribution in [0.25, 0.3) is 0 Å². The van der Waals surface area contributed by atoms with E-state index in [2.05, 4.69) is 0 Å². The number of carbonyl (C=O) groups excluding carboxylic acids is 1. The lowest BCUT2D eigenvalue weighted by Crippen LogP contribution is -2.37. The molecule has 4 nitrogen and oxygen atoms in total. The highest BCUT2D eigenvalue weighted by molar-refractivity contribution is 7.99. The molecule has 106 valence electrons. The molecule has 0 aliphatic heterocycles.